The van der Waals surface area contributed by atoms with Crippen molar-refractivity contribution in [3.63, 3.8) is 0 Å². The first-order valence-corrected chi connectivity index (χ1v) is 8.52. The largest absolute Gasteiger partial charge is 0.384 e. The second kappa shape index (κ2) is 6.84. The smallest absolute Gasteiger partial charge is 0.123 e. The molecule has 3 aromatic rings. The number of hydrogen-bond donors (Lipinski definition) is 2. The number of aryl methyl sites for hydroxylation is 1. The lowest BCUT2D eigenvalue weighted by atomic mass is 10.00. The molecule has 0 aliphatic rings. The zero-order chi connectivity index (χ0) is 17.2. The van der Waals surface area contributed by atoms with Crippen molar-refractivity contribution in [1.29, 1.82) is 0 Å². The zero-order valence-electron chi connectivity index (χ0n) is 13.7. The first kappa shape index (κ1) is 16.8. The molecule has 126 valence electrons. The molecular formula is C18H20FN3OS. The van der Waals surface area contributed by atoms with Crippen LogP contribution >= 0.6 is 11.3 Å². The Balaban J connectivity index is 1.60. The number of aromatic nitrogens is 2. The number of aliphatic hydroxyl groups is 1. The molecule has 1 aromatic carbocycles. The molecular weight excluding hydrogens is 325 g/mol. The van der Waals surface area contributed by atoms with Gasteiger partial charge in [-0.25, -0.2) is 4.39 Å². The van der Waals surface area contributed by atoms with Gasteiger partial charge in [0.1, 0.15) is 11.4 Å². The molecule has 0 amide bonds. The fourth-order valence-corrected chi connectivity index (χ4v) is 3.47. The summed E-state index contributed by atoms with van der Waals surface area (Å²) in [6, 6.07) is 10.6. The number of nitrogens with zero attached hydrogens (tertiary/aromatic N) is 2. The average molecular weight is 345 g/mol. The summed E-state index contributed by atoms with van der Waals surface area (Å²) in [5, 5.41) is 17.9. The number of hydrogen-bond acceptors (Lipinski definition) is 4. The summed E-state index contributed by atoms with van der Waals surface area (Å²) in [6.45, 7) is 2.84. The molecule has 0 saturated heterocycles. The van der Waals surface area contributed by atoms with Gasteiger partial charge >= 0.3 is 0 Å². The molecule has 1 atom stereocenters. The van der Waals surface area contributed by atoms with Crippen molar-refractivity contribution in [2.45, 2.75) is 19.1 Å². The summed E-state index contributed by atoms with van der Waals surface area (Å²) in [5.74, 6) is -0.229. The topological polar surface area (TPSA) is 50.1 Å². The van der Waals surface area contributed by atoms with Gasteiger partial charge in [0.15, 0.2) is 0 Å². The second-order valence-electron chi connectivity index (χ2n) is 6.06. The van der Waals surface area contributed by atoms with Gasteiger partial charge in [0.25, 0.3) is 0 Å². The van der Waals surface area contributed by atoms with Crippen molar-refractivity contribution >= 4 is 11.3 Å². The number of nitrogens with one attached hydrogen (secondary N) is 1. The lowest BCUT2D eigenvalue weighted by molar-refractivity contribution is 0.0566. The normalized spacial score (nSPS) is 13.8. The number of halogens is 1. The molecule has 3 rings (SSSR count). The van der Waals surface area contributed by atoms with Gasteiger partial charge in [-0.15, -0.1) is 11.3 Å². The molecule has 0 radical (unpaired) electrons. The van der Waals surface area contributed by atoms with Crippen molar-refractivity contribution in [1.82, 2.24) is 15.1 Å². The second-order valence-corrected chi connectivity index (χ2v) is 7.22. The third-order valence-corrected chi connectivity index (χ3v) is 5.00. The molecule has 1 unspecified atom stereocenters. The van der Waals surface area contributed by atoms with Gasteiger partial charge in [-0.1, -0.05) is 12.1 Å². The van der Waals surface area contributed by atoms with Crippen LogP contribution in [0.25, 0.3) is 10.4 Å². The third-order valence-electron chi connectivity index (χ3n) is 3.87. The molecule has 0 bridgehead atoms. The van der Waals surface area contributed by atoms with E-state index in [0.29, 0.717) is 13.1 Å². The van der Waals surface area contributed by atoms with Crippen molar-refractivity contribution in [3.05, 3.63) is 65.0 Å². The summed E-state index contributed by atoms with van der Waals surface area (Å²) in [7, 11) is 1.83. The Bertz CT molecular complexity index is 825. The fourth-order valence-electron chi connectivity index (χ4n) is 2.50. The van der Waals surface area contributed by atoms with E-state index in [4.69, 9.17) is 0 Å². The van der Waals surface area contributed by atoms with Crippen molar-refractivity contribution < 1.29 is 9.50 Å². The van der Waals surface area contributed by atoms with E-state index in [2.05, 4.69) is 10.4 Å². The highest BCUT2D eigenvalue weighted by Gasteiger charge is 2.24. The highest BCUT2D eigenvalue weighted by molar-refractivity contribution is 7.15. The van der Waals surface area contributed by atoms with E-state index in [1.165, 1.54) is 12.1 Å². The minimum atomic E-state index is -0.975. The summed E-state index contributed by atoms with van der Waals surface area (Å²) in [4.78, 5) is 2.17. The van der Waals surface area contributed by atoms with Crippen LogP contribution < -0.4 is 5.32 Å². The van der Waals surface area contributed by atoms with Gasteiger partial charge in [-0.2, -0.15) is 5.10 Å². The summed E-state index contributed by atoms with van der Waals surface area (Å²) < 4.78 is 15.0. The Morgan fingerprint density at radius 3 is 2.88 bits per heavy atom. The Morgan fingerprint density at radius 1 is 1.33 bits per heavy atom. The summed E-state index contributed by atoms with van der Waals surface area (Å²) >= 11 is 1.62. The van der Waals surface area contributed by atoms with Crippen LogP contribution in [0.15, 0.2) is 48.8 Å². The van der Waals surface area contributed by atoms with E-state index in [-0.39, 0.29) is 5.82 Å². The van der Waals surface area contributed by atoms with E-state index >= 15 is 0 Å². The van der Waals surface area contributed by atoms with Gasteiger partial charge in [0.05, 0.1) is 6.20 Å². The average Bonchev–Trinajstić information content (AvgIpc) is 3.16. The fraction of sp³-hybridized carbons (Fsp3) is 0.278. The van der Waals surface area contributed by atoms with Crippen LogP contribution in [0.2, 0.25) is 0 Å². The molecule has 0 aliphatic heterocycles. The maximum atomic E-state index is 13.3. The van der Waals surface area contributed by atoms with Crippen molar-refractivity contribution in [2.24, 2.45) is 7.05 Å². The Morgan fingerprint density at radius 2 is 2.17 bits per heavy atom. The predicted molar refractivity (Wildman–Crippen MR) is 94.2 cm³/mol. The highest BCUT2D eigenvalue weighted by Crippen LogP contribution is 2.28. The molecule has 2 aromatic heterocycles. The maximum absolute atomic E-state index is 13.3. The molecule has 0 spiro atoms. The van der Waals surface area contributed by atoms with Crippen LogP contribution in [0, 0.1) is 5.82 Å². The predicted octanol–water partition coefficient (Wildman–Crippen LogP) is 3.29. The number of thiophene rings is 1. The molecule has 0 aliphatic carbocycles. The highest BCUT2D eigenvalue weighted by atomic mass is 32.1. The van der Waals surface area contributed by atoms with Crippen molar-refractivity contribution in [2.75, 3.05) is 6.54 Å². The number of benzene rings is 1. The van der Waals surface area contributed by atoms with Crippen molar-refractivity contribution in [3.8, 4) is 10.4 Å². The van der Waals surface area contributed by atoms with Crippen LogP contribution in [0.4, 0.5) is 4.39 Å². The van der Waals surface area contributed by atoms with Crippen LogP contribution in [0.3, 0.4) is 0 Å². The van der Waals surface area contributed by atoms with E-state index in [1.54, 1.807) is 35.2 Å². The monoisotopic (exact) mass is 345 g/mol. The summed E-state index contributed by atoms with van der Waals surface area (Å²) in [5.41, 5.74) is 0.689. The van der Waals surface area contributed by atoms with Crippen LogP contribution in [-0.4, -0.2) is 21.4 Å². The van der Waals surface area contributed by atoms with E-state index < -0.39 is 5.60 Å². The lowest BCUT2D eigenvalue weighted by Crippen LogP contribution is -2.34. The molecule has 0 saturated carbocycles. The maximum Gasteiger partial charge on any atom is 0.123 e. The summed E-state index contributed by atoms with van der Waals surface area (Å²) in [6.07, 6.45) is 3.49. The number of rotatable bonds is 6. The standard InChI is InChI=1S/C18H20FN3OS/c1-18(23,14-9-21-22(2)11-14)12-20-10-16-6-7-17(24-16)13-4-3-5-15(19)8-13/h3-9,11,20,23H,10,12H2,1-2H3. The first-order chi connectivity index (χ1) is 11.4. The Hall–Kier alpha value is -2.02. The molecule has 6 heteroatoms. The minimum absolute atomic E-state index is 0.229. The van der Waals surface area contributed by atoms with Crippen LogP contribution in [-0.2, 0) is 19.2 Å². The van der Waals surface area contributed by atoms with Gasteiger partial charge < -0.3 is 10.4 Å². The minimum Gasteiger partial charge on any atom is -0.384 e. The molecule has 0 fully saturated rings. The molecule has 2 N–H and O–H groups in total. The lowest BCUT2D eigenvalue weighted by Gasteiger charge is -2.22. The zero-order valence-corrected chi connectivity index (χ0v) is 14.5. The van der Waals surface area contributed by atoms with E-state index in [1.807, 2.05) is 31.4 Å². The van der Waals surface area contributed by atoms with Crippen LogP contribution in [0.5, 0.6) is 0 Å². The molecule has 4 nitrogen and oxygen atoms in total. The Kier molecular flexibility index (Phi) is 4.80. The molecule has 2 heterocycles. The third kappa shape index (κ3) is 3.90. The molecule has 24 heavy (non-hydrogen) atoms. The van der Waals surface area contributed by atoms with Gasteiger partial charge in [0, 0.05) is 41.7 Å². The van der Waals surface area contributed by atoms with E-state index in [0.717, 1.165) is 20.9 Å². The van der Waals surface area contributed by atoms with Crippen LogP contribution in [0.1, 0.15) is 17.4 Å². The first-order valence-electron chi connectivity index (χ1n) is 7.71. The SMILES string of the molecule is Cn1cc(C(C)(O)CNCc2ccc(-c3cccc(F)c3)s2)cn1. The quantitative estimate of drug-likeness (QED) is 0.721. The Labute approximate surface area is 144 Å². The van der Waals surface area contributed by atoms with Gasteiger partial charge in [0.2, 0.25) is 0 Å². The van der Waals surface area contributed by atoms with Gasteiger partial charge in [-0.3, -0.25) is 4.68 Å². The van der Waals surface area contributed by atoms with Gasteiger partial charge in [-0.05, 0) is 36.8 Å². The van der Waals surface area contributed by atoms with E-state index in [9.17, 15) is 9.50 Å².